The fraction of sp³-hybridized carbons (Fsp3) is 0. The first-order chi connectivity index (χ1) is 27.3. The average molecular weight is 703 g/mol. The van der Waals surface area contributed by atoms with Crippen LogP contribution < -0.4 is 4.90 Å². The molecule has 0 N–H and O–H groups in total. The summed E-state index contributed by atoms with van der Waals surface area (Å²) >= 11 is 0. The van der Waals surface area contributed by atoms with Gasteiger partial charge in [-0.2, -0.15) is 0 Å². The Bertz CT molecular complexity index is 3120. The highest BCUT2D eigenvalue weighted by molar-refractivity contribution is 6.30. The van der Waals surface area contributed by atoms with E-state index in [4.69, 9.17) is 4.42 Å². The molecule has 0 atom stereocenters. The van der Waals surface area contributed by atoms with Crippen LogP contribution in [0.25, 0.3) is 82.5 Å². The number of nitrogens with zero attached hydrogens (tertiary/aromatic N) is 2. The van der Waals surface area contributed by atoms with Crippen LogP contribution in [-0.2, 0) is 0 Å². The maximum Gasteiger partial charge on any atom is 0.145 e. The van der Waals surface area contributed by atoms with E-state index in [9.17, 15) is 0 Å². The monoisotopic (exact) mass is 702 g/mol. The minimum Gasteiger partial charge on any atom is -0.455 e. The standard InChI is InChI=1S/C52H34N2O/c1-4-14-35(15-5-1)36-24-29-42(30-25-36)54-50-43-21-11-10-16-37(43)28-33-45(50)49-51(54)46(34-47-44-22-12-13-23-48(44)55-52(47)49)38-26-31-41(32-27-38)53(39-17-6-2-7-18-39)40-19-8-3-9-20-40/h1-34H. The van der Waals surface area contributed by atoms with Crippen molar-refractivity contribution < 1.29 is 4.42 Å². The Balaban J connectivity index is 1.21. The van der Waals surface area contributed by atoms with Crippen molar-refractivity contribution in [2.75, 3.05) is 4.90 Å². The molecule has 0 radical (unpaired) electrons. The van der Waals surface area contributed by atoms with E-state index < -0.39 is 0 Å². The maximum absolute atomic E-state index is 6.83. The Morgan fingerprint density at radius 1 is 0.382 bits per heavy atom. The summed E-state index contributed by atoms with van der Waals surface area (Å²) in [6.07, 6.45) is 0. The number of benzene rings is 9. The van der Waals surface area contributed by atoms with E-state index in [1.807, 2.05) is 0 Å². The Hall–Kier alpha value is -7.36. The van der Waals surface area contributed by atoms with E-state index in [1.165, 1.54) is 32.8 Å². The molecule has 258 valence electrons. The smallest absolute Gasteiger partial charge is 0.145 e. The second-order valence-electron chi connectivity index (χ2n) is 14.1. The summed E-state index contributed by atoms with van der Waals surface area (Å²) in [7, 11) is 0. The van der Waals surface area contributed by atoms with Gasteiger partial charge in [0.05, 0.1) is 16.4 Å². The maximum atomic E-state index is 6.83. The highest BCUT2D eigenvalue weighted by Crippen LogP contribution is 2.47. The molecular formula is C52H34N2O. The van der Waals surface area contributed by atoms with Crippen molar-refractivity contribution in [1.82, 2.24) is 4.57 Å². The SMILES string of the molecule is c1ccc(-c2ccc(-n3c4c(-c5ccc(N(c6ccccc6)c6ccccc6)cc5)cc5c6ccccc6oc5c4c4ccc5ccccc5c43)cc2)cc1. The van der Waals surface area contributed by atoms with Gasteiger partial charge in [0.25, 0.3) is 0 Å². The predicted molar refractivity (Wildman–Crippen MR) is 231 cm³/mol. The molecular weight excluding hydrogens is 669 g/mol. The van der Waals surface area contributed by atoms with Crippen LogP contribution in [0.1, 0.15) is 0 Å². The highest BCUT2D eigenvalue weighted by Gasteiger charge is 2.24. The Kier molecular flexibility index (Phi) is 7.17. The lowest BCUT2D eigenvalue weighted by Gasteiger charge is -2.25. The zero-order chi connectivity index (χ0) is 36.3. The van der Waals surface area contributed by atoms with Gasteiger partial charge in [0.15, 0.2) is 0 Å². The number of hydrogen-bond acceptors (Lipinski definition) is 2. The Morgan fingerprint density at radius 3 is 1.65 bits per heavy atom. The number of rotatable bonds is 6. The molecule has 2 heterocycles. The lowest BCUT2D eigenvalue weighted by molar-refractivity contribution is 0.673. The normalized spacial score (nSPS) is 11.6. The summed E-state index contributed by atoms with van der Waals surface area (Å²) in [6.45, 7) is 0. The molecule has 0 saturated carbocycles. The third-order valence-electron chi connectivity index (χ3n) is 11.0. The lowest BCUT2D eigenvalue weighted by atomic mass is 9.97. The summed E-state index contributed by atoms with van der Waals surface area (Å²) < 4.78 is 9.30. The molecule has 55 heavy (non-hydrogen) atoms. The van der Waals surface area contributed by atoms with Crippen LogP contribution in [0.2, 0.25) is 0 Å². The highest BCUT2D eigenvalue weighted by atomic mass is 16.3. The van der Waals surface area contributed by atoms with Crippen LogP contribution in [0.3, 0.4) is 0 Å². The summed E-state index contributed by atoms with van der Waals surface area (Å²) in [5, 5.41) is 6.93. The topological polar surface area (TPSA) is 21.3 Å². The van der Waals surface area contributed by atoms with E-state index in [-0.39, 0.29) is 0 Å². The van der Waals surface area contributed by atoms with Crippen molar-refractivity contribution >= 4 is 71.6 Å². The van der Waals surface area contributed by atoms with Crippen molar-refractivity contribution in [2.45, 2.75) is 0 Å². The van der Waals surface area contributed by atoms with Crippen LogP contribution >= 0.6 is 0 Å². The quantitative estimate of drug-likeness (QED) is 0.172. The number of aromatic nitrogens is 1. The molecule has 3 nitrogen and oxygen atoms in total. The van der Waals surface area contributed by atoms with Crippen LogP contribution in [0, 0.1) is 0 Å². The number of hydrogen-bond donors (Lipinski definition) is 0. The van der Waals surface area contributed by atoms with Gasteiger partial charge >= 0.3 is 0 Å². The minimum absolute atomic E-state index is 0.890. The van der Waals surface area contributed by atoms with Gasteiger partial charge in [0.1, 0.15) is 11.2 Å². The first-order valence-corrected chi connectivity index (χ1v) is 18.8. The van der Waals surface area contributed by atoms with Crippen LogP contribution in [0.15, 0.2) is 211 Å². The molecule has 11 aromatic rings. The molecule has 2 aromatic heterocycles. The number of fused-ring (bicyclic) bond motifs is 9. The van der Waals surface area contributed by atoms with E-state index >= 15 is 0 Å². The molecule has 0 spiro atoms. The Morgan fingerprint density at radius 2 is 0.945 bits per heavy atom. The molecule has 0 saturated heterocycles. The molecule has 0 amide bonds. The molecule has 3 heteroatoms. The predicted octanol–water partition coefficient (Wildman–Crippen LogP) is 14.6. The van der Waals surface area contributed by atoms with Crippen molar-refractivity contribution in [3.8, 4) is 27.9 Å². The van der Waals surface area contributed by atoms with Gasteiger partial charge in [-0.05, 0) is 82.7 Å². The molecule has 0 aliphatic rings. The molecule has 0 unspecified atom stereocenters. The third kappa shape index (κ3) is 5.05. The van der Waals surface area contributed by atoms with Crippen molar-refractivity contribution in [1.29, 1.82) is 0 Å². The van der Waals surface area contributed by atoms with Gasteiger partial charge in [-0.3, -0.25) is 0 Å². The van der Waals surface area contributed by atoms with E-state index in [0.717, 1.165) is 66.7 Å². The second-order valence-corrected chi connectivity index (χ2v) is 14.1. The van der Waals surface area contributed by atoms with E-state index in [0.29, 0.717) is 0 Å². The van der Waals surface area contributed by atoms with E-state index in [1.54, 1.807) is 0 Å². The fourth-order valence-corrected chi connectivity index (χ4v) is 8.44. The number of para-hydroxylation sites is 3. The van der Waals surface area contributed by atoms with Crippen molar-refractivity contribution in [3.05, 3.63) is 206 Å². The summed E-state index contributed by atoms with van der Waals surface area (Å²) in [6, 6.07) is 73.8. The van der Waals surface area contributed by atoms with Gasteiger partial charge in [0.2, 0.25) is 0 Å². The van der Waals surface area contributed by atoms with Gasteiger partial charge in [-0.1, -0.05) is 146 Å². The fourth-order valence-electron chi connectivity index (χ4n) is 8.44. The molecule has 0 aliphatic carbocycles. The van der Waals surface area contributed by atoms with Crippen molar-refractivity contribution in [3.63, 3.8) is 0 Å². The van der Waals surface area contributed by atoms with E-state index in [2.05, 4.69) is 216 Å². The third-order valence-corrected chi connectivity index (χ3v) is 11.0. The van der Waals surface area contributed by atoms with Gasteiger partial charge in [0, 0.05) is 49.9 Å². The molecule has 0 aliphatic heterocycles. The number of anilines is 3. The summed E-state index contributed by atoms with van der Waals surface area (Å²) in [5.74, 6) is 0. The molecule has 0 bridgehead atoms. The van der Waals surface area contributed by atoms with Crippen molar-refractivity contribution in [2.24, 2.45) is 0 Å². The summed E-state index contributed by atoms with van der Waals surface area (Å²) in [5.41, 5.74) is 13.2. The second kappa shape index (κ2) is 12.6. The van der Waals surface area contributed by atoms with Crippen LogP contribution in [-0.4, -0.2) is 4.57 Å². The molecule has 9 aromatic carbocycles. The minimum atomic E-state index is 0.890. The Labute approximate surface area is 318 Å². The molecule has 11 rings (SSSR count). The van der Waals surface area contributed by atoms with Crippen LogP contribution in [0.4, 0.5) is 17.1 Å². The first kappa shape index (κ1) is 31.2. The summed E-state index contributed by atoms with van der Waals surface area (Å²) in [4.78, 5) is 2.31. The molecule has 0 fully saturated rings. The average Bonchev–Trinajstić information content (AvgIpc) is 3.81. The van der Waals surface area contributed by atoms with Gasteiger partial charge in [-0.15, -0.1) is 0 Å². The number of furan rings is 1. The van der Waals surface area contributed by atoms with Gasteiger partial charge < -0.3 is 13.9 Å². The zero-order valence-corrected chi connectivity index (χ0v) is 29.9. The van der Waals surface area contributed by atoms with Crippen LogP contribution in [0.5, 0.6) is 0 Å². The first-order valence-electron chi connectivity index (χ1n) is 18.8. The zero-order valence-electron chi connectivity index (χ0n) is 29.9. The van der Waals surface area contributed by atoms with Gasteiger partial charge in [-0.25, -0.2) is 0 Å². The largest absolute Gasteiger partial charge is 0.455 e. The lowest BCUT2D eigenvalue weighted by Crippen LogP contribution is -2.09.